The number of hydrogen-bond acceptors (Lipinski definition) is 6. The quantitative estimate of drug-likeness (QED) is 0.388. The molecular formula is C28H27ClN2O6. The van der Waals surface area contributed by atoms with Crippen LogP contribution in [0, 0.1) is 0 Å². The maximum atomic E-state index is 13.7. The predicted molar refractivity (Wildman–Crippen MR) is 140 cm³/mol. The average molecular weight is 523 g/mol. The second-order valence-corrected chi connectivity index (χ2v) is 8.87. The summed E-state index contributed by atoms with van der Waals surface area (Å²) in [5, 5.41) is 0.491. The summed E-state index contributed by atoms with van der Waals surface area (Å²) in [6, 6.07) is 17.6. The largest absolute Gasteiger partial charge is 0.497 e. The van der Waals surface area contributed by atoms with Crippen molar-refractivity contribution in [2.75, 3.05) is 32.8 Å². The molecule has 1 atom stereocenters. The van der Waals surface area contributed by atoms with Gasteiger partial charge in [-0.25, -0.2) is 4.90 Å². The van der Waals surface area contributed by atoms with Gasteiger partial charge in [0.05, 0.1) is 33.4 Å². The maximum Gasteiger partial charge on any atom is 0.257 e. The third kappa shape index (κ3) is 5.54. The van der Waals surface area contributed by atoms with E-state index in [0.717, 1.165) is 10.5 Å². The topological polar surface area (TPSA) is 85.4 Å². The summed E-state index contributed by atoms with van der Waals surface area (Å²) < 4.78 is 15.9. The van der Waals surface area contributed by atoms with Crippen molar-refractivity contribution >= 4 is 35.0 Å². The van der Waals surface area contributed by atoms with Gasteiger partial charge in [-0.1, -0.05) is 17.7 Å². The molecule has 0 saturated carbocycles. The molecule has 0 aromatic heterocycles. The number of carbonyl (C=O) groups is 3. The molecule has 4 rings (SSSR count). The van der Waals surface area contributed by atoms with Crippen LogP contribution in [0.1, 0.15) is 22.3 Å². The summed E-state index contributed by atoms with van der Waals surface area (Å²) in [5.41, 5.74) is 1.69. The molecule has 1 fully saturated rings. The average Bonchev–Trinajstić information content (AvgIpc) is 3.22. The Labute approximate surface area is 220 Å². The first kappa shape index (κ1) is 26.0. The van der Waals surface area contributed by atoms with Gasteiger partial charge in [-0.2, -0.15) is 0 Å². The lowest BCUT2D eigenvalue weighted by molar-refractivity contribution is -0.122. The monoisotopic (exact) mass is 522 g/mol. The molecular weight excluding hydrogens is 496 g/mol. The second-order valence-electron chi connectivity index (χ2n) is 8.43. The van der Waals surface area contributed by atoms with Crippen LogP contribution in [0.2, 0.25) is 5.02 Å². The van der Waals surface area contributed by atoms with E-state index >= 15 is 0 Å². The molecule has 0 N–H and O–H groups in total. The molecule has 3 aromatic rings. The van der Waals surface area contributed by atoms with Gasteiger partial charge in [0.1, 0.15) is 11.8 Å². The molecule has 1 aliphatic heterocycles. The fourth-order valence-electron chi connectivity index (χ4n) is 4.30. The zero-order chi connectivity index (χ0) is 26.5. The first-order valence-electron chi connectivity index (χ1n) is 11.6. The first-order valence-corrected chi connectivity index (χ1v) is 12.0. The Kier molecular flexibility index (Phi) is 7.98. The number of anilines is 1. The highest BCUT2D eigenvalue weighted by Gasteiger charge is 2.44. The van der Waals surface area contributed by atoms with E-state index in [-0.39, 0.29) is 24.8 Å². The van der Waals surface area contributed by atoms with Crippen molar-refractivity contribution in [2.24, 2.45) is 0 Å². The van der Waals surface area contributed by atoms with E-state index in [0.29, 0.717) is 39.9 Å². The Hall–Kier alpha value is -4.04. The molecule has 3 amide bonds. The summed E-state index contributed by atoms with van der Waals surface area (Å²) in [5.74, 6) is 0.570. The predicted octanol–water partition coefficient (Wildman–Crippen LogP) is 4.38. The van der Waals surface area contributed by atoms with Crippen molar-refractivity contribution in [3.63, 3.8) is 0 Å². The van der Waals surface area contributed by atoms with E-state index in [4.69, 9.17) is 25.8 Å². The highest BCUT2D eigenvalue weighted by atomic mass is 35.5. The normalized spacial score (nSPS) is 15.0. The first-order chi connectivity index (χ1) is 17.9. The van der Waals surface area contributed by atoms with Crippen molar-refractivity contribution in [1.82, 2.24) is 4.90 Å². The van der Waals surface area contributed by atoms with Gasteiger partial charge in [0.25, 0.3) is 11.8 Å². The Bertz CT molecular complexity index is 1290. The van der Waals surface area contributed by atoms with Crippen molar-refractivity contribution in [2.45, 2.75) is 18.9 Å². The van der Waals surface area contributed by atoms with Gasteiger partial charge >= 0.3 is 0 Å². The molecule has 1 saturated heterocycles. The lowest BCUT2D eigenvalue weighted by Crippen LogP contribution is -2.46. The standard InChI is InChI=1S/C28H27ClN2O6/c1-35-22-11-5-19(6-12-22)27(33)30(15-14-18-4-13-24(36-2)25(16-18)37-3)23-17-26(32)31(28(23)34)21-9-7-20(29)8-10-21/h4-13,16,23H,14-15,17H2,1-3H3. The maximum absolute atomic E-state index is 13.7. The Morgan fingerprint density at radius 1 is 0.919 bits per heavy atom. The number of nitrogens with zero attached hydrogens (tertiary/aromatic N) is 2. The molecule has 0 bridgehead atoms. The molecule has 1 aliphatic rings. The van der Waals surface area contributed by atoms with Crippen molar-refractivity contribution in [1.29, 1.82) is 0 Å². The summed E-state index contributed by atoms with van der Waals surface area (Å²) in [4.78, 5) is 42.7. The highest BCUT2D eigenvalue weighted by molar-refractivity contribution is 6.31. The van der Waals surface area contributed by atoms with Crippen LogP contribution in [0.5, 0.6) is 17.2 Å². The summed E-state index contributed by atoms with van der Waals surface area (Å²) >= 11 is 5.97. The fourth-order valence-corrected chi connectivity index (χ4v) is 4.43. The number of benzene rings is 3. The molecule has 9 heteroatoms. The van der Waals surface area contributed by atoms with Gasteiger partial charge in [0, 0.05) is 17.1 Å². The molecule has 1 heterocycles. The summed E-state index contributed by atoms with van der Waals surface area (Å²) in [6.07, 6.45) is 0.316. The van der Waals surface area contributed by atoms with Gasteiger partial charge in [0.2, 0.25) is 5.91 Å². The third-order valence-electron chi connectivity index (χ3n) is 6.27. The minimum absolute atomic E-state index is 0.116. The number of halogens is 1. The molecule has 37 heavy (non-hydrogen) atoms. The molecule has 0 radical (unpaired) electrons. The lowest BCUT2D eigenvalue weighted by atomic mass is 10.1. The SMILES string of the molecule is COc1ccc(C(=O)N(CCc2ccc(OC)c(OC)c2)C2CC(=O)N(c3ccc(Cl)cc3)C2=O)cc1. The smallest absolute Gasteiger partial charge is 0.257 e. The van der Waals surface area contributed by atoms with Crippen LogP contribution in [-0.2, 0) is 16.0 Å². The van der Waals surface area contributed by atoms with Crippen LogP contribution < -0.4 is 19.1 Å². The lowest BCUT2D eigenvalue weighted by Gasteiger charge is -2.28. The van der Waals surface area contributed by atoms with Crippen molar-refractivity contribution in [3.8, 4) is 17.2 Å². The van der Waals surface area contributed by atoms with E-state index in [1.54, 1.807) is 75.9 Å². The van der Waals surface area contributed by atoms with Crippen molar-refractivity contribution in [3.05, 3.63) is 82.9 Å². The molecule has 1 unspecified atom stereocenters. The molecule has 8 nitrogen and oxygen atoms in total. The number of hydrogen-bond donors (Lipinski definition) is 0. The van der Waals surface area contributed by atoms with Gasteiger partial charge < -0.3 is 19.1 Å². The van der Waals surface area contributed by atoms with Gasteiger partial charge in [-0.15, -0.1) is 0 Å². The van der Waals surface area contributed by atoms with Crippen LogP contribution in [0.25, 0.3) is 0 Å². The molecule has 0 spiro atoms. The Balaban J connectivity index is 1.63. The second kappa shape index (κ2) is 11.3. The van der Waals surface area contributed by atoms with Crippen LogP contribution in [0.15, 0.2) is 66.7 Å². The van der Waals surface area contributed by atoms with Crippen LogP contribution in [0.3, 0.4) is 0 Å². The van der Waals surface area contributed by atoms with Crippen LogP contribution in [-0.4, -0.2) is 56.5 Å². The summed E-state index contributed by atoms with van der Waals surface area (Å²) in [6.45, 7) is 0.207. The Morgan fingerprint density at radius 2 is 1.59 bits per heavy atom. The fraction of sp³-hybridized carbons (Fsp3) is 0.250. The minimum Gasteiger partial charge on any atom is -0.497 e. The van der Waals surface area contributed by atoms with E-state index in [1.807, 2.05) is 12.1 Å². The van der Waals surface area contributed by atoms with Gasteiger partial charge in [-0.3, -0.25) is 14.4 Å². The number of amides is 3. The number of rotatable bonds is 9. The van der Waals surface area contributed by atoms with E-state index < -0.39 is 11.9 Å². The molecule has 192 valence electrons. The zero-order valence-corrected chi connectivity index (χ0v) is 21.5. The van der Waals surface area contributed by atoms with Crippen molar-refractivity contribution < 1.29 is 28.6 Å². The Morgan fingerprint density at radius 3 is 2.22 bits per heavy atom. The van der Waals surface area contributed by atoms with E-state index in [1.165, 1.54) is 4.90 Å². The minimum atomic E-state index is -0.946. The highest BCUT2D eigenvalue weighted by Crippen LogP contribution is 2.30. The molecule has 0 aliphatic carbocycles. The van der Waals surface area contributed by atoms with Crippen LogP contribution in [0.4, 0.5) is 5.69 Å². The van der Waals surface area contributed by atoms with E-state index in [9.17, 15) is 14.4 Å². The number of ether oxygens (including phenoxy) is 3. The summed E-state index contributed by atoms with van der Waals surface area (Å²) in [7, 11) is 4.65. The molecule has 3 aromatic carbocycles. The third-order valence-corrected chi connectivity index (χ3v) is 6.52. The zero-order valence-electron chi connectivity index (χ0n) is 20.8. The van der Waals surface area contributed by atoms with Gasteiger partial charge in [-0.05, 0) is 72.6 Å². The van der Waals surface area contributed by atoms with E-state index in [2.05, 4.69) is 0 Å². The van der Waals surface area contributed by atoms with Gasteiger partial charge in [0.15, 0.2) is 11.5 Å². The number of methoxy groups -OCH3 is 3. The number of imide groups is 1. The van der Waals surface area contributed by atoms with Crippen LogP contribution >= 0.6 is 11.6 Å². The number of carbonyl (C=O) groups excluding carboxylic acids is 3.